The quantitative estimate of drug-likeness (QED) is 0.430. The maximum Gasteiger partial charge on any atom is 0.177 e. The van der Waals surface area contributed by atoms with Crippen molar-refractivity contribution in [3.63, 3.8) is 0 Å². The lowest BCUT2D eigenvalue weighted by atomic mass is 10.2. The molecule has 1 aromatic rings. The monoisotopic (exact) mass is 283 g/mol. The van der Waals surface area contributed by atoms with E-state index < -0.39 is 0 Å². The maximum absolute atomic E-state index is 4.46. The summed E-state index contributed by atoms with van der Waals surface area (Å²) in [5.41, 5.74) is 0. The first-order valence-electron chi connectivity index (χ1n) is 6.77. The highest BCUT2D eigenvalue weighted by Crippen LogP contribution is 2.29. The van der Waals surface area contributed by atoms with E-state index in [0.717, 1.165) is 30.4 Å². The SMILES string of the molecule is CCCCCCSc1nsnc1N1CC=CCC1. The fourth-order valence-corrected chi connectivity index (χ4v) is 3.68. The van der Waals surface area contributed by atoms with Crippen molar-refractivity contribution < 1.29 is 0 Å². The van der Waals surface area contributed by atoms with Gasteiger partial charge in [-0.15, -0.1) is 11.8 Å². The third-order valence-electron chi connectivity index (χ3n) is 3.04. The molecule has 0 bridgehead atoms. The zero-order valence-electron chi connectivity index (χ0n) is 11.0. The van der Waals surface area contributed by atoms with E-state index in [2.05, 4.69) is 32.7 Å². The minimum Gasteiger partial charge on any atom is -0.349 e. The Morgan fingerprint density at radius 3 is 3.00 bits per heavy atom. The van der Waals surface area contributed by atoms with Gasteiger partial charge >= 0.3 is 0 Å². The van der Waals surface area contributed by atoms with Gasteiger partial charge in [0, 0.05) is 13.1 Å². The lowest BCUT2D eigenvalue weighted by molar-refractivity contribution is 0.706. The predicted molar refractivity (Wildman–Crippen MR) is 80.7 cm³/mol. The summed E-state index contributed by atoms with van der Waals surface area (Å²) >= 11 is 3.21. The van der Waals surface area contributed by atoms with Gasteiger partial charge in [0.2, 0.25) is 0 Å². The minimum absolute atomic E-state index is 0.981. The van der Waals surface area contributed by atoms with Crippen LogP contribution in [0, 0.1) is 0 Å². The largest absolute Gasteiger partial charge is 0.349 e. The van der Waals surface area contributed by atoms with Gasteiger partial charge < -0.3 is 4.90 Å². The van der Waals surface area contributed by atoms with Gasteiger partial charge in [-0.25, -0.2) is 0 Å². The number of hydrogen-bond acceptors (Lipinski definition) is 5. The second-order valence-corrected chi connectivity index (χ2v) is 6.12. The van der Waals surface area contributed by atoms with Gasteiger partial charge in [-0.1, -0.05) is 38.3 Å². The average molecular weight is 283 g/mol. The second-order valence-electron chi connectivity index (χ2n) is 4.51. The molecule has 0 N–H and O–H groups in total. The number of hydrogen-bond donors (Lipinski definition) is 0. The Bertz CT molecular complexity index is 376. The van der Waals surface area contributed by atoms with E-state index >= 15 is 0 Å². The van der Waals surface area contributed by atoms with Crippen molar-refractivity contribution in [1.82, 2.24) is 8.75 Å². The lowest BCUT2D eigenvalue weighted by Gasteiger charge is -2.23. The standard InChI is InChI=1S/C13H21N3S2/c1-2-3-4-8-11-17-13-12(14-18-15-13)16-9-6-5-7-10-16/h5-6H,2-4,7-11H2,1H3. The van der Waals surface area contributed by atoms with Crippen molar-refractivity contribution in [2.24, 2.45) is 0 Å². The molecule has 0 saturated carbocycles. The minimum atomic E-state index is 0.981. The van der Waals surface area contributed by atoms with Crippen molar-refractivity contribution in [1.29, 1.82) is 0 Å². The van der Waals surface area contributed by atoms with Crippen molar-refractivity contribution >= 4 is 29.3 Å². The first-order valence-corrected chi connectivity index (χ1v) is 8.48. The second kappa shape index (κ2) is 7.79. The van der Waals surface area contributed by atoms with Crippen LogP contribution < -0.4 is 4.90 Å². The molecule has 0 radical (unpaired) electrons. The van der Waals surface area contributed by atoms with Gasteiger partial charge in [0.1, 0.15) is 0 Å². The molecule has 0 amide bonds. The van der Waals surface area contributed by atoms with Gasteiger partial charge in [-0.3, -0.25) is 0 Å². The van der Waals surface area contributed by atoms with Crippen molar-refractivity contribution in [2.75, 3.05) is 23.7 Å². The molecular formula is C13H21N3S2. The summed E-state index contributed by atoms with van der Waals surface area (Å²) in [5.74, 6) is 2.27. The van der Waals surface area contributed by atoms with Crippen LogP contribution in [0.1, 0.15) is 39.0 Å². The lowest BCUT2D eigenvalue weighted by Crippen LogP contribution is -2.27. The molecule has 3 nitrogen and oxygen atoms in total. The molecule has 2 heterocycles. The van der Waals surface area contributed by atoms with Gasteiger partial charge in [-0.2, -0.15) is 8.75 Å². The molecule has 0 unspecified atom stereocenters. The number of nitrogens with zero attached hydrogens (tertiary/aromatic N) is 3. The Morgan fingerprint density at radius 1 is 1.28 bits per heavy atom. The molecule has 1 aliphatic rings. The summed E-state index contributed by atoms with van der Waals surface area (Å²) < 4.78 is 8.89. The first kappa shape index (κ1) is 13.9. The molecule has 2 rings (SSSR count). The molecule has 0 aromatic carbocycles. The Balaban J connectivity index is 1.81. The number of rotatable bonds is 7. The first-order chi connectivity index (χ1) is 8.92. The Morgan fingerprint density at radius 2 is 2.22 bits per heavy atom. The van der Waals surface area contributed by atoms with Crippen LogP contribution in [0.15, 0.2) is 17.2 Å². The van der Waals surface area contributed by atoms with Crippen molar-refractivity contribution in [3.05, 3.63) is 12.2 Å². The summed E-state index contributed by atoms with van der Waals surface area (Å²) in [6.45, 7) is 4.31. The molecule has 0 saturated heterocycles. The molecule has 18 heavy (non-hydrogen) atoms. The van der Waals surface area contributed by atoms with Gasteiger partial charge in [0.15, 0.2) is 10.8 Å². The van der Waals surface area contributed by atoms with Crippen molar-refractivity contribution in [2.45, 2.75) is 44.1 Å². The molecule has 100 valence electrons. The van der Waals surface area contributed by atoms with E-state index in [1.54, 1.807) is 0 Å². The Hall–Kier alpha value is -0.550. The van der Waals surface area contributed by atoms with E-state index in [4.69, 9.17) is 0 Å². The zero-order chi connectivity index (χ0) is 12.6. The van der Waals surface area contributed by atoms with E-state index in [0.29, 0.717) is 0 Å². The number of unbranched alkanes of at least 4 members (excludes halogenated alkanes) is 3. The molecule has 1 aromatic heterocycles. The highest BCUT2D eigenvalue weighted by Gasteiger charge is 2.16. The maximum atomic E-state index is 4.46. The summed E-state index contributed by atoms with van der Waals surface area (Å²) in [6, 6.07) is 0. The third-order valence-corrected chi connectivity index (χ3v) is 4.71. The van der Waals surface area contributed by atoms with E-state index in [-0.39, 0.29) is 0 Å². The van der Waals surface area contributed by atoms with Crippen LogP contribution in [0.25, 0.3) is 0 Å². The van der Waals surface area contributed by atoms with Crippen LogP contribution in [0.4, 0.5) is 5.82 Å². The molecule has 1 aliphatic heterocycles. The fourth-order valence-electron chi connectivity index (χ4n) is 1.99. The molecule has 0 fully saturated rings. The summed E-state index contributed by atoms with van der Waals surface area (Å²) in [6.07, 6.45) is 10.9. The van der Waals surface area contributed by atoms with E-state index in [1.165, 1.54) is 43.2 Å². The Labute approximate surface area is 118 Å². The smallest absolute Gasteiger partial charge is 0.177 e. The Kier molecular flexibility index (Phi) is 6.00. The third kappa shape index (κ3) is 3.99. The summed E-state index contributed by atoms with van der Waals surface area (Å²) in [5, 5.41) is 1.13. The van der Waals surface area contributed by atoms with Crippen LogP contribution >= 0.6 is 23.5 Å². The van der Waals surface area contributed by atoms with Gasteiger partial charge in [0.05, 0.1) is 11.7 Å². The van der Waals surface area contributed by atoms with Crippen molar-refractivity contribution in [3.8, 4) is 0 Å². The summed E-state index contributed by atoms with van der Waals surface area (Å²) in [4.78, 5) is 2.33. The molecule has 5 heteroatoms. The normalized spacial score (nSPS) is 15.3. The number of thioether (sulfide) groups is 1. The van der Waals surface area contributed by atoms with Gasteiger partial charge in [0.25, 0.3) is 0 Å². The van der Waals surface area contributed by atoms with Crippen LogP contribution in [-0.2, 0) is 0 Å². The summed E-state index contributed by atoms with van der Waals surface area (Å²) in [7, 11) is 0. The van der Waals surface area contributed by atoms with Crippen LogP contribution in [0.5, 0.6) is 0 Å². The highest BCUT2D eigenvalue weighted by atomic mass is 32.2. The molecule has 0 spiro atoms. The predicted octanol–water partition coefficient (Wildman–Crippen LogP) is 3.98. The van der Waals surface area contributed by atoms with Crippen LogP contribution in [0.2, 0.25) is 0 Å². The number of anilines is 1. The van der Waals surface area contributed by atoms with E-state index in [1.807, 2.05) is 11.8 Å². The highest BCUT2D eigenvalue weighted by molar-refractivity contribution is 7.99. The molecule has 0 aliphatic carbocycles. The molecular weight excluding hydrogens is 262 g/mol. The number of aromatic nitrogens is 2. The van der Waals surface area contributed by atoms with Crippen LogP contribution in [-0.4, -0.2) is 27.6 Å². The van der Waals surface area contributed by atoms with Gasteiger partial charge in [-0.05, 0) is 18.6 Å². The molecule has 0 atom stereocenters. The average Bonchev–Trinajstić information content (AvgIpc) is 2.88. The van der Waals surface area contributed by atoms with E-state index in [9.17, 15) is 0 Å². The fraction of sp³-hybridized carbons (Fsp3) is 0.692. The van der Waals surface area contributed by atoms with Crippen LogP contribution in [0.3, 0.4) is 0 Å². The zero-order valence-corrected chi connectivity index (χ0v) is 12.6. The topological polar surface area (TPSA) is 29.0 Å².